The van der Waals surface area contributed by atoms with Crippen LogP contribution in [0, 0.1) is 0 Å². The zero-order valence-electron chi connectivity index (χ0n) is 15.4. The number of rotatable bonds is 4. The molecule has 4 aromatic rings. The van der Waals surface area contributed by atoms with Crippen LogP contribution < -0.4 is 0 Å². The molecule has 0 aromatic heterocycles. The molecule has 0 aliphatic carbocycles. The number of ketones is 2. The molecule has 0 aliphatic heterocycles. The van der Waals surface area contributed by atoms with Crippen LogP contribution in [-0.4, -0.2) is 11.6 Å². The molecule has 0 amide bonds. The van der Waals surface area contributed by atoms with E-state index >= 15 is 0 Å². The SMILES string of the molecule is O=C(C(=O)c1ccccc1)c1ccccc1.c1ccc(-c2ccccc2)cc1. The number of benzene rings is 4. The smallest absolute Gasteiger partial charge is 0.233 e. The van der Waals surface area contributed by atoms with Crippen molar-refractivity contribution >= 4 is 11.6 Å². The summed E-state index contributed by atoms with van der Waals surface area (Å²) in [5.74, 6) is -0.932. The predicted molar refractivity (Wildman–Crippen MR) is 113 cm³/mol. The molecule has 2 heteroatoms. The number of hydrogen-bond donors (Lipinski definition) is 0. The molecule has 4 aromatic carbocycles. The van der Waals surface area contributed by atoms with Crippen molar-refractivity contribution in [3.8, 4) is 11.1 Å². The van der Waals surface area contributed by atoms with E-state index in [-0.39, 0.29) is 0 Å². The molecule has 4 rings (SSSR count). The zero-order chi connectivity index (χ0) is 19.6. The number of Topliss-reactive ketones (excluding diaryl/α,β-unsaturated/α-hetero) is 2. The first-order chi connectivity index (χ1) is 13.8. The largest absolute Gasteiger partial charge is 0.285 e. The van der Waals surface area contributed by atoms with Gasteiger partial charge in [0.15, 0.2) is 0 Å². The van der Waals surface area contributed by atoms with Crippen LogP contribution in [0.2, 0.25) is 0 Å². The average Bonchev–Trinajstić information content (AvgIpc) is 2.81. The van der Waals surface area contributed by atoms with Crippen molar-refractivity contribution in [3.63, 3.8) is 0 Å². The van der Waals surface area contributed by atoms with Gasteiger partial charge in [0.25, 0.3) is 0 Å². The van der Waals surface area contributed by atoms with Crippen LogP contribution in [-0.2, 0) is 0 Å². The molecule has 0 unspecified atom stereocenters. The lowest BCUT2D eigenvalue weighted by Crippen LogP contribution is -2.14. The third-order valence-corrected chi connectivity index (χ3v) is 4.16. The quantitative estimate of drug-likeness (QED) is 0.324. The highest BCUT2D eigenvalue weighted by molar-refractivity contribution is 6.49. The zero-order valence-corrected chi connectivity index (χ0v) is 15.4. The third kappa shape index (κ3) is 5.12. The maximum atomic E-state index is 11.8. The molecule has 0 heterocycles. The molecule has 0 saturated carbocycles. The predicted octanol–water partition coefficient (Wildman–Crippen LogP) is 6.11. The Morgan fingerprint density at radius 3 is 0.893 bits per heavy atom. The molecule has 136 valence electrons. The standard InChI is InChI=1S/C14H10O2.C12H10/c15-13(11-7-3-1-4-8-11)14(16)12-9-5-2-6-10-12;1-3-7-11(8-4-1)12-9-5-2-6-10-12/h1-10H;1-10H. The fourth-order valence-corrected chi connectivity index (χ4v) is 2.70. The molecule has 0 fully saturated rings. The first-order valence-corrected chi connectivity index (χ1v) is 9.05. The molecule has 0 N–H and O–H groups in total. The molecular weight excluding hydrogens is 344 g/mol. The second-order valence-corrected chi connectivity index (χ2v) is 6.12. The van der Waals surface area contributed by atoms with Crippen molar-refractivity contribution in [1.29, 1.82) is 0 Å². The van der Waals surface area contributed by atoms with Crippen molar-refractivity contribution in [2.75, 3.05) is 0 Å². The fourth-order valence-electron chi connectivity index (χ4n) is 2.70. The Kier molecular flexibility index (Phi) is 6.64. The lowest BCUT2D eigenvalue weighted by molar-refractivity contribution is 0.0817. The van der Waals surface area contributed by atoms with Gasteiger partial charge in [0, 0.05) is 11.1 Å². The van der Waals surface area contributed by atoms with Gasteiger partial charge in [0.2, 0.25) is 11.6 Å². The van der Waals surface area contributed by atoms with Crippen LogP contribution in [0.1, 0.15) is 20.7 Å². The van der Waals surface area contributed by atoms with Crippen LogP contribution in [0.3, 0.4) is 0 Å². The van der Waals surface area contributed by atoms with Crippen molar-refractivity contribution < 1.29 is 9.59 Å². The molecule has 2 nitrogen and oxygen atoms in total. The van der Waals surface area contributed by atoms with E-state index in [4.69, 9.17) is 0 Å². The van der Waals surface area contributed by atoms with Crippen LogP contribution >= 0.6 is 0 Å². The molecule has 28 heavy (non-hydrogen) atoms. The average molecular weight is 364 g/mol. The molecule has 0 aliphatic rings. The number of hydrogen-bond acceptors (Lipinski definition) is 2. The first-order valence-electron chi connectivity index (χ1n) is 9.05. The van der Waals surface area contributed by atoms with Gasteiger partial charge in [-0.3, -0.25) is 9.59 Å². The van der Waals surface area contributed by atoms with Crippen molar-refractivity contribution in [2.24, 2.45) is 0 Å². The van der Waals surface area contributed by atoms with E-state index in [1.165, 1.54) is 11.1 Å². The van der Waals surface area contributed by atoms with Crippen molar-refractivity contribution in [2.45, 2.75) is 0 Å². The topological polar surface area (TPSA) is 34.1 Å². The minimum Gasteiger partial charge on any atom is -0.285 e. The van der Waals surface area contributed by atoms with Gasteiger partial charge in [-0.1, -0.05) is 121 Å². The van der Waals surface area contributed by atoms with Crippen molar-refractivity contribution in [1.82, 2.24) is 0 Å². The van der Waals surface area contributed by atoms with E-state index in [1.807, 2.05) is 24.3 Å². The molecule has 0 saturated heterocycles. The fraction of sp³-hybridized carbons (Fsp3) is 0. The molecule has 0 bridgehead atoms. The second-order valence-electron chi connectivity index (χ2n) is 6.12. The lowest BCUT2D eigenvalue weighted by atomic mass is 10.0. The molecule has 0 radical (unpaired) electrons. The lowest BCUT2D eigenvalue weighted by Gasteiger charge is -1.99. The highest BCUT2D eigenvalue weighted by Crippen LogP contribution is 2.17. The summed E-state index contributed by atoms with van der Waals surface area (Å²) < 4.78 is 0. The van der Waals surface area contributed by atoms with Gasteiger partial charge >= 0.3 is 0 Å². The minimum absolute atomic E-state index is 0.427. The van der Waals surface area contributed by atoms with Gasteiger partial charge in [0.05, 0.1) is 0 Å². The number of carbonyl (C=O) groups excluding carboxylic acids is 2. The number of carbonyl (C=O) groups is 2. The van der Waals surface area contributed by atoms with E-state index in [0.29, 0.717) is 11.1 Å². The van der Waals surface area contributed by atoms with Crippen LogP contribution in [0.5, 0.6) is 0 Å². The summed E-state index contributed by atoms with van der Waals surface area (Å²) in [6.45, 7) is 0. The van der Waals surface area contributed by atoms with Gasteiger partial charge in [-0.05, 0) is 11.1 Å². The highest BCUT2D eigenvalue weighted by Gasteiger charge is 2.17. The van der Waals surface area contributed by atoms with E-state index in [2.05, 4.69) is 48.5 Å². The maximum absolute atomic E-state index is 11.8. The Balaban J connectivity index is 0.000000167. The van der Waals surface area contributed by atoms with Crippen LogP contribution in [0.4, 0.5) is 0 Å². The Morgan fingerprint density at radius 2 is 0.607 bits per heavy atom. The molecular formula is C26H20O2. The Hall–Kier alpha value is -3.78. The molecule has 0 atom stereocenters. The Morgan fingerprint density at radius 1 is 0.357 bits per heavy atom. The van der Waals surface area contributed by atoms with Gasteiger partial charge in [-0.2, -0.15) is 0 Å². The third-order valence-electron chi connectivity index (χ3n) is 4.16. The van der Waals surface area contributed by atoms with Gasteiger partial charge < -0.3 is 0 Å². The van der Waals surface area contributed by atoms with E-state index in [1.54, 1.807) is 48.5 Å². The van der Waals surface area contributed by atoms with Crippen molar-refractivity contribution in [3.05, 3.63) is 132 Å². The Bertz CT molecular complexity index is 922. The summed E-state index contributed by atoms with van der Waals surface area (Å²) in [7, 11) is 0. The highest BCUT2D eigenvalue weighted by atomic mass is 16.2. The normalized spacial score (nSPS) is 9.71. The van der Waals surface area contributed by atoms with Crippen LogP contribution in [0.15, 0.2) is 121 Å². The summed E-state index contributed by atoms with van der Waals surface area (Å²) in [5.41, 5.74) is 3.41. The summed E-state index contributed by atoms with van der Waals surface area (Å²) in [6, 6.07) is 37.9. The van der Waals surface area contributed by atoms with Crippen LogP contribution in [0.25, 0.3) is 11.1 Å². The summed E-state index contributed by atoms with van der Waals surface area (Å²) in [4.78, 5) is 23.6. The van der Waals surface area contributed by atoms with E-state index < -0.39 is 11.6 Å². The van der Waals surface area contributed by atoms with Gasteiger partial charge in [-0.15, -0.1) is 0 Å². The van der Waals surface area contributed by atoms with Gasteiger partial charge in [-0.25, -0.2) is 0 Å². The Labute approximate surface area is 165 Å². The molecule has 0 spiro atoms. The first kappa shape index (κ1) is 19.0. The van der Waals surface area contributed by atoms with E-state index in [9.17, 15) is 9.59 Å². The summed E-state index contributed by atoms with van der Waals surface area (Å²) >= 11 is 0. The van der Waals surface area contributed by atoms with Gasteiger partial charge in [0.1, 0.15) is 0 Å². The van der Waals surface area contributed by atoms with E-state index in [0.717, 1.165) is 0 Å². The second kappa shape index (κ2) is 9.79. The monoisotopic (exact) mass is 364 g/mol. The minimum atomic E-state index is -0.466. The summed E-state index contributed by atoms with van der Waals surface area (Å²) in [5, 5.41) is 0. The maximum Gasteiger partial charge on any atom is 0.233 e. The summed E-state index contributed by atoms with van der Waals surface area (Å²) in [6.07, 6.45) is 0.